The van der Waals surface area contributed by atoms with Crippen LogP contribution < -0.4 is 0 Å². The number of nitriles is 1. The third kappa shape index (κ3) is 1.64. The minimum atomic E-state index is 0.282. The Morgan fingerprint density at radius 3 is 2.62 bits per heavy atom. The molecule has 0 bridgehead atoms. The largest absolute Gasteiger partial charge is 0.445 e. The van der Waals surface area contributed by atoms with Gasteiger partial charge in [0.2, 0.25) is 5.76 Å². The Labute approximate surface area is 103 Å². The maximum absolute atomic E-state index is 9.07. The van der Waals surface area contributed by atoms with Gasteiger partial charge in [-0.3, -0.25) is 0 Å². The number of rotatable bonds is 1. The van der Waals surface area contributed by atoms with E-state index in [1.807, 2.05) is 19.1 Å². The summed E-state index contributed by atoms with van der Waals surface area (Å²) in [5, 5.41) is 10.1. The highest BCUT2D eigenvalue weighted by molar-refractivity contribution is 9.10. The molecule has 0 aliphatic rings. The second-order valence-electron chi connectivity index (χ2n) is 4.21. The fourth-order valence-electron chi connectivity index (χ4n) is 2.00. The Balaban J connectivity index is 2.91. The molecule has 0 saturated carbocycles. The van der Waals surface area contributed by atoms with Gasteiger partial charge in [0.25, 0.3) is 0 Å². The monoisotopic (exact) mass is 277 g/mol. The molecule has 2 nitrogen and oxygen atoms in total. The first-order valence-corrected chi connectivity index (χ1v) is 5.96. The van der Waals surface area contributed by atoms with Crippen LogP contribution in [-0.2, 0) is 0 Å². The number of aryl methyl sites for hydroxylation is 1. The van der Waals surface area contributed by atoms with Crippen molar-refractivity contribution in [1.82, 2.24) is 0 Å². The smallest absolute Gasteiger partial charge is 0.208 e. The quantitative estimate of drug-likeness (QED) is 0.770. The van der Waals surface area contributed by atoms with Gasteiger partial charge < -0.3 is 4.42 Å². The molecule has 0 fully saturated rings. The first-order valence-electron chi connectivity index (χ1n) is 5.17. The summed E-state index contributed by atoms with van der Waals surface area (Å²) in [6.07, 6.45) is 0. The Bertz CT molecular complexity index is 590. The number of halogens is 1. The Hall–Kier alpha value is -1.27. The van der Waals surface area contributed by atoms with Crippen LogP contribution in [0.5, 0.6) is 0 Å². The van der Waals surface area contributed by atoms with Gasteiger partial charge in [0.1, 0.15) is 11.7 Å². The number of nitrogens with zero attached hydrogens (tertiary/aromatic N) is 1. The van der Waals surface area contributed by atoms with E-state index in [4.69, 9.17) is 9.68 Å². The summed E-state index contributed by atoms with van der Waals surface area (Å²) >= 11 is 3.47. The van der Waals surface area contributed by atoms with Crippen molar-refractivity contribution in [3.05, 3.63) is 33.5 Å². The van der Waals surface area contributed by atoms with E-state index in [0.29, 0.717) is 5.76 Å². The van der Waals surface area contributed by atoms with Gasteiger partial charge in [0, 0.05) is 15.4 Å². The van der Waals surface area contributed by atoms with Crippen molar-refractivity contribution >= 4 is 26.9 Å². The van der Waals surface area contributed by atoms with Gasteiger partial charge >= 0.3 is 0 Å². The summed E-state index contributed by atoms with van der Waals surface area (Å²) in [5.41, 5.74) is 2.87. The molecule has 0 radical (unpaired) electrons. The zero-order valence-electron chi connectivity index (χ0n) is 9.47. The van der Waals surface area contributed by atoms with Gasteiger partial charge in [-0.2, -0.15) is 5.26 Å². The van der Waals surface area contributed by atoms with Crippen LogP contribution in [0, 0.1) is 18.3 Å². The van der Waals surface area contributed by atoms with Crippen molar-refractivity contribution < 1.29 is 4.42 Å². The van der Waals surface area contributed by atoms with Crippen molar-refractivity contribution in [2.45, 2.75) is 26.7 Å². The van der Waals surface area contributed by atoms with Crippen LogP contribution in [0.4, 0.5) is 0 Å². The number of hydrogen-bond acceptors (Lipinski definition) is 2. The highest BCUT2D eigenvalue weighted by Gasteiger charge is 2.18. The van der Waals surface area contributed by atoms with E-state index in [1.54, 1.807) is 0 Å². The molecule has 1 heterocycles. The van der Waals surface area contributed by atoms with Gasteiger partial charge in [-0.1, -0.05) is 29.8 Å². The molecule has 0 N–H and O–H groups in total. The summed E-state index contributed by atoms with van der Waals surface area (Å²) in [5.74, 6) is 0.718. The highest BCUT2D eigenvalue weighted by atomic mass is 79.9. The summed E-state index contributed by atoms with van der Waals surface area (Å²) < 4.78 is 6.63. The van der Waals surface area contributed by atoms with E-state index in [1.165, 1.54) is 0 Å². The molecular weight excluding hydrogens is 266 g/mol. The molecule has 1 aromatic carbocycles. The second kappa shape index (κ2) is 3.95. The normalized spacial score (nSPS) is 11.0. The van der Waals surface area contributed by atoms with Crippen molar-refractivity contribution in [3.63, 3.8) is 0 Å². The van der Waals surface area contributed by atoms with Crippen molar-refractivity contribution in [3.8, 4) is 6.07 Å². The number of hydrogen-bond donors (Lipinski definition) is 0. The van der Waals surface area contributed by atoms with E-state index in [2.05, 4.69) is 35.8 Å². The minimum absolute atomic E-state index is 0.282. The second-order valence-corrected chi connectivity index (χ2v) is 5.13. The predicted molar refractivity (Wildman–Crippen MR) is 67.5 cm³/mol. The lowest BCUT2D eigenvalue weighted by molar-refractivity contribution is 0.587. The SMILES string of the molecule is Cc1cc(Br)cc2c(C(C)C)c(C#N)oc12. The fraction of sp³-hybridized carbons (Fsp3) is 0.308. The molecule has 16 heavy (non-hydrogen) atoms. The van der Waals surface area contributed by atoms with Gasteiger partial charge in [-0.25, -0.2) is 0 Å². The van der Waals surface area contributed by atoms with Crippen molar-refractivity contribution in [1.29, 1.82) is 5.26 Å². The van der Waals surface area contributed by atoms with E-state index >= 15 is 0 Å². The Kier molecular flexibility index (Phi) is 2.77. The molecular formula is C13H12BrNO. The van der Waals surface area contributed by atoms with E-state index in [0.717, 1.165) is 26.6 Å². The fourth-order valence-corrected chi connectivity index (χ4v) is 2.57. The molecule has 0 spiro atoms. The standard InChI is InChI=1S/C13H12BrNO/c1-7(2)12-10-5-9(14)4-8(3)13(10)16-11(12)6-15/h4-5,7H,1-3H3. The molecule has 0 unspecified atom stereocenters. The van der Waals surface area contributed by atoms with Crippen molar-refractivity contribution in [2.75, 3.05) is 0 Å². The van der Waals surface area contributed by atoms with Gasteiger partial charge in [-0.15, -0.1) is 0 Å². The molecule has 0 aliphatic heterocycles. The topological polar surface area (TPSA) is 36.9 Å². The molecule has 2 rings (SSSR count). The van der Waals surface area contributed by atoms with Crippen LogP contribution in [-0.4, -0.2) is 0 Å². The summed E-state index contributed by atoms with van der Waals surface area (Å²) in [6, 6.07) is 6.14. The first-order chi connectivity index (χ1) is 7.54. The van der Waals surface area contributed by atoms with Crippen molar-refractivity contribution in [2.24, 2.45) is 0 Å². The van der Waals surface area contributed by atoms with E-state index in [-0.39, 0.29) is 5.92 Å². The molecule has 0 saturated heterocycles. The first kappa shape index (κ1) is 11.2. The van der Waals surface area contributed by atoms with Crippen LogP contribution in [0.1, 0.15) is 36.7 Å². The Morgan fingerprint density at radius 2 is 2.06 bits per heavy atom. The number of benzene rings is 1. The average Bonchev–Trinajstić information content (AvgIpc) is 2.56. The van der Waals surface area contributed by atoms with Gasteiger partial charge in [-0.05, 0) is 30.5 Å². The third-order valence-corrected chi connectivity index (χ3v) is 3.12. The maximum atomic E-state index is 9.07. The minimum Gasteiger partial charge on any atom is -0.445 e. The van der Waals surface area contributed by atoms with Crippen LogP contribution in [0.2, 0.25) is 0 Å². The predicted octanol–water partition coefficient (Wildman–Crippen LogP) is 4.50. The third-order valence-electron chi connectivity index (χ3n) is 2.66. The van der Waals surface area contributed by atoms with E-state index < -0.39 is 0 Å². The molecule has 0 aliphatic carbocycles. The molecule has 82 valence electrons. The van der Waals surface area contributed by atoms with Gasteiger partial charge in [0.15, 0.2) is 0 Å². The van der Waals surface area contributed by atoms with Crippen LogP contribution in [0.25, 0.3) is 11.0 Å². The lowest BCUT2D eigenvalue weighted by Gasteiger charge is -2.02. The highest BCUT2D eigenvalue weighted by Crippen LogP contribution is 2.35. The van der Waals surface area contributed by atoms with Gasteiger partial charge in [0.05, 0.1) is 0 Å². The summed E-state index contributed by atoms with van der Waals surface area (Å²) in [7, 11) is 0. The molecule has 2 aromatic rings. The average molecular weight is 278 g/mol. The summed E-state index contributed by atoms with van der Waals surface area (Å²) in [4.78, 5) is 0. The maximum Gasteiger partial charge on any atom is 0.208 e. The molecule has 3 heteroatoms. The van der Waals surface area contributed by atoms with Crippen LogP contribution >= 0.6 is 15.9 Å². The molecule has 1 aromatic heterocycles. The molecule has 0 atom stereocenters. The van der Waals surface area contributed by atoms with Crippen LogP contribution in [0.15, 0.2) is 21.0 Å². The molecule has 0 amide bonds. The van der Waals surface area contributed by atoms with E-state index in [9.17, 15) is 0 Å². The Morgan fingerprint density at radius 1 is 1.38 bits per heavy atom. The number of fused-ring (bicyclic) bond motifs is 1. The lowest BCUT2D eigenvalue weighted by Crippen LogP contribution is -1.88. The summed E-state index contributed by atoms with van der Waals surface area (Å²) in [6.45, 7) is 6.13. The zero-order valence-corrected chi connectivity index (χ0v) is 11.1. The number of furan rings is 1. The zero-order chi connectivity index (χ0) is 11.9. The van der Waals surface area contributed by atoms with Crippen LogP contribution in [0.3, 0.4) is 0 Å². The lowest BCUT2D eigenvalue weighted by atomic mass is 9.99.